The van der Waals surface area contributed by atoms with E-state index in [1.165, 1.54) is 128 Å². The largest absolute Gasteiger partial charge is 0.0765 e. The molecule has 0 nitrogen and oxygen atoms in total. The van der Waals surface area contributed by atoms with Crippen LogP contribution in [0, 0.1) is 0 Å². The fourth-order valence-electron chi connectivity index (χ4n) is 8.01. The summed E-state index contributed by atoms with van der Waals surface area (Å²) in [6.07, 6.45) is 34.1. The summed E-state index contributed by atoms with van der Waals surface area (Å²) in [5.74, 6) is 0. The number of hydrogen-bond acceptors (Lipinski definition) is 0. The van der Waals surface area contributed by atoms with Gasteiger partial charge in [0, 0.05) is 0 Å². The SMILES string of the molecule is CC1=C2CCCCCCCCCCC2=CC1[Si](C)(C)C1C=C2CCCCCCCCCCC2=C1C. The van der Waals surface area contributed by atoms with Gasteiger partial charge in [-0.25, -0.2) is 0 Å². The van der Waals surface area contributed by atoms with Gasteiger partial charge in [0.1, 0.15) is 0 Å². The summed E-state index contributed by atoms with van der Waals surface area (Å²) in [6, 6.07) is 0. The quantitative estimate of drug-likeness (QED) is 0.336. The van der Waals surface area contributed by atoms with Gasteiger partial charge in [0.2, 0.25) is 0 Å². The maximum absolute atomic E-state index is 2.82. The van der Waals surface area contributed by atoms with Gasteiger partial charge in [0.05, 0.1) is 8.07 Å². The first-order valence-electron chi connectivity index (χ1n) is 15.8. The monoisotopic (exact) mass is 492 g/mol. The van der Waals surface area contributed by atoms with E-state index in [1.807, 2.05) is 0 Å². The van der Waals surface area contributed by atoms with Gasteiger partial charge in [-0.3, -0.25) is 0 Å². The van der Waals surface area contributed by atoms with Crippen LogP contribution in [0.15, 0.2) is 45.6 Å². The topological polar surface area (TPSA) is 0 Å². The van der Waals surface area contributed by atoms with Gasteiger partial charge in [-0.15, -0.1) is 0 Å². The third kappa shape index (κ3) is 6.74. The van der Waals surface area contributed by atoms with E-state index in [-0.39, 0.29) is 0 Å². The van der Waals surface area contributed by atoms with Gasteiger partial charge in [0.15, 0.2) is 0 Å². The van der Waals surface area contributed by atoms with E-state index < -0.39 is 8.07 Å². The Morgan fingerprint density at radius 2 is 0.743 bits per heavy atom. The summed E-state index contributed by atoms with van der Waals surface area (Å²) < 4.78 is 0. The van der Waals surface area contributed by atoms with Gasteiger partial charge in [-0.1, -0.05) is 113 Å². The van der Waals surface area contributed by atoms with Crippen LogP contribution in [0.2, 0.25) is 24.2 Å². The highest BCUT2D eigenvalue weighted by Gasteiger charge is 2.44. The second kappa shape index (κ2) is 13.1. The van der Waals surface area contributed by atoms with Crippen molar-refractivity contribution in [3.8, 4) is 0 Å². The van der Waals surface area contributed by atoms with E-state index in [0.717, 1.165) is 11.1 Å². The predicted molar refractivity (Wildman–Crippen MR) is 159 cm³/mol. The predicted octanol–water partition coefficient (Wildman–Crippen LogP) is 11.8. The molecule has 35 heavy (non-hydrogen) atoms. The molecular formula is C34H56Si. The zero-order chi connectivity index (χ0) is 24.7. The lowest BCUT2D eigenvalue weighted by atomic mass is 9.94. The van der Waals surface area contributed by atoms with Crippen molar-refractivity contribution in [1.82, 2.24) is 0 Å². The van der Waals surface area contributed by atoms with E-state index >= 15 is 0 Å². The molecule has 0 saturated heterocycles. The molecule has 2 unspecified atom stereocenters. The van der Waals surface area contributed by atoms with Crippen LogP contribution in [0.3, 0.4) is 0 Å². The van der Waals surface area contributed by atoms with Crippen LogP contribution in [0.4, 0.5) is 0 Å². The summed E-state index contributed by atoms with van der Waals surface area (Å²) in [5, 5.41) is 0. The van der Waals surface area contributed by atoms with Crippen LogP contribution in [0.5, 0.6) is 0 Å². The third-order valence-corrected chi connectivity index (χ3v) is 14.7. The molecule has 4 aliphatic carbocycles. The van der Waals surface area contributed by atoms with Crippen LogP contribution in [-0.4, -0.2) is 8.07 Å². The third-order valence-electron chi connectivity index (χ3n) is 10.2. The molecule has 0 amide bonds. The van der Waals surface area contributed by atoms with Gasteiger partial charge in [-0.2, -0.15) is 0 Å². The van der Waals surface area contributed by atoms with Crippen LogP contribution in [0.25, 0.3) is 0 Å². The molecule has 4 rings (SSSR count). The Balaban J connectivity index is 1.57. The minimum absolute atomic E-state index is 0.747. The first-order valence-corrected chi connectivity index (χ1v) is 19.0. The molecule has 0 spiro atoms. The highest BCUT2D eigenvalue weighted by Crippen LogP contribution is 2.54. The molecule has 4 aliphatic rings. The first kappa shape index (κ1) is 27.2. The van der Waals surface area contributed by atoms with Crippen molar-refractivity contribution in [1.29, 1.82) is 0 Å². The molecule has 0 radical (unpaired) electrons. The lowest BCUT2D eigenvalue weighted by Gasteiger charge is -2.36. The summed E-state index contributed by atoms with van der Waals surface area (Å²) in [7, 11) is -1.56. The van der Waals surface area contributed by atoms with Crippen molar-refractivity contribution in [2.45, 2.75) is 166 Å². The van der Waals surface area contributed by atoms with Crippen LogP contribution in [-0.2, 0) is 0 Å². The smallest absolute Gasteiger partial charge is 0.0706 e. The molecule has 196 valence electrons. The Morgan fingerprint density at radius 1 is 0.457 bits per heavy atom. The van der Waals surface area contributed by atoms with Crippen molar-refractivity contribution < 1.29 is 0 Å². The molecule has 0 aromatic carbocycles. The number of hydrogen-bond donors (Lipinski definition) is 0. The summed E-state index contributed by atoms with van der Waals surface area (Å²) in [5.41, 5.74) is 12.2. The number of rotatable bonds is 2. The van der Waals surface area contributed by atoms with Crippen molar-refractivity contribution in [3.63, 3.8) is 0 Å². The minimum atomic E-state index is -1.56. The van der Waals surface area contributed by atoms with Crippen LogP contribution in [0.1, 0.15) is 142 Å². The Bertz CT molecular complexity index is 765. The summed E-state index contributed by atoms with van der Waals surface area (Å²) in [4.78, 5) is 0. The fraction of sp³-hybridized carbons (Fsp3) is 0.765. The van der Waals surface area contributed by atoms with Crippen LogP contribution >= 0.6 is 0 Å². The number of fused-ring (bicyclic) bond motifs is 2. The second-order valence-corrected chi connectivity index (χ2v) is 18.0. The highest BCUT2D eigenvalue weighted by molar-refractivity contribution is 6.82. The van der Waals surface area contributed by atoms with E-state index in [2.05, 4.69) is 39.1 Å². The summed E-state index contributed by atoms with van der Waals surface area (Å²) >= 11 is 0. The lowest BCUT2D eigenvalue weighted by Crippen LogP contribution is -2.37. The van der Waals surface area contributed by atoms with Crippen molar-refractivity contribution >= 4 is 8.07 Å². The molecular weight excluding hydrogens is 436 g/mol. The van der Waals surface area contributed by atoms with Crippen molar-refractivity contribution in [2.75, 3.05) is 0 Å². The zero-order valence-electron chi connectivity index (χ0n) is 24.0. The van der Waals surface area contributed by atoms with Crippen molar-refractivity contribution in [2.24, 2.45) is 0 Å². The highest BCUT2D eigenvalue weighted by atomic mass is 28.3. The maximum atomic E-state index is 2.82. The molecule has 0 bridgehead atoms. The molecule has 0 N–H and O–H groups in total. The number of allylic oxidation sites excluding steroid dienone is 8. The maximum Gasteiger partial charge on any atom is 0.0706 e. The zero-order valence-corrected chi connectivity index (χ0v) is 25.0. The molecule has 0 heterocycles. The summed E-state index contributed by atoms with van der Waals surface area (Å²) in [6.45, 7) is 10.6. The molecule has 0 aromatic rings. The Kier molecular flexibility index (Phi) is 10.2. The van der Waals surface area contributed by atoms with Crippen molar-refractivity contribution in [3.05, 3.63) is 45.6 Å². The van der Waals surface area contributed by atoms with E-state index in [1.54, 1.807) is 33.4 Å². The van der Waals surface area contributed by atoms with Gasteiger partial charge in [0.25, 0.3) is 0 Å². The van der Waals surface area contributed by atoms with Gasteiger partial charge >= 0.3 is 0 Å². The Hall–Kier alpha value is -0.823. The minimum Gasteiger partial charge on any atom is -0.0765 e. The Labute approximate surface area is 219 Å². The molecule has 2 fully saturated rings. The average molecular weight is 493 g/mol. The van der Waals surface area contributed by atoms with Crippen LogP contribution < -0.4 is 0 Å². The van der Waals surface area contributed by atoms with Gasteiger partial charge < -0.3 is 0 Å². The fourth-order valence-corrected chi connectivity index (χ4v) is 12.2. The van der Waals surface area contributed by atoms with E-state index in [9.17, 15) is 0 Å². The molecule has 1 heteroatoms. The van der Waals surface area contributed by atoms with Gasteiger partial charge in [-0.05, 0) is 98.6 Å². The van der Waals surface area contributed by atoms with E-state index in [0.29, 0.717) is 0 Å². The molecule has 2 saturated carbocycles. The first-order chi connectivity index (χ1) is 17.0. The molecule has 2 atom stereocenters. The second-order valence-electron chi connectivity index (χ2n) is 13.1. The average Bonchev–Trinajstić information content (AvgIpc) is 3.31. The van der Waals surface area contributed by atoms with E-state index in [4.69, 9.17) is 0 Å². The standard InChI is InChI=1S/C34H56Si/c1-27-31-23-19-15-11-7-5-9-13-17-21-29(31)25-33(27)35(3,4)34-26-30-22-18-14-10-6-8-12-16-20-24-32(30)28(34)2/h25-26,33-34H,5-24H2,1-4H3. The molecule has 0 aliphatic heterocycles. The lowest BCUT2D eigenvalue weighted by molar-refractivity contribution is 0.558. The molecule has 0 aromatic heterocycles. The Morgan fingerprint density at radius 3 is 1.09 bits per heavy atom. The normalized spacial score (nSPS) is 28.7.